The van der Waals surface area contributed by atoms with Crippen molar-refractivity contribution in [1.82, 2.24) is 4.31 Å². The minimum absolute atomic E-state index is 0.0326. The molecule has 0 bridgehead atoms. The van der Waals surface area contributed by atoms with Crippen LogP contribution in [0.5, 0.6) is 0 Å². The third-order valence-corrected chi connectivity index (χ3v) is 5.33. The minimum Gasteiger partial charge on any atom is -0.377 e. The summed E-state index contributed by atoms with van der Waals surface area (Å²) in [6.45, 7) is 4.31. The van der Waals surface area contributed by atoms with E-state index in [1.165, 1.54) is 4.31 Å². The Morgan fingerprint density at radius 1 is 1.60 bits per heavy atom. The number of rotatable bonds is 4. The molecular formula is C9H20N2O3S. The molecule has 2 N–H and O–H groups in total. The molecule has 0 saturated carbocycles. The standard InChI is InChI=1S/C9H20N2O3S/c1-7(6-10)15(12,13)11(3)9-4-5-14-8(9)2/h7-9H,4-6,10H2,1-3H3. The molecule has 0 amide bonds. The molecule has 5 nitrogen and oxygen atoms in total. The summed E-state index contributed by atoms with van der Waals surface area (Å²) in [4.78, 5) is 0. The first-order chi connectivity index (χ1) is 6.91. The second kappa shape index (κ2) is 4.78. The van der Waals surface area contributed by atoms with E-state index in [0.29, 0.717) is 6.61 Å². The summed E-state index contributed by atoms with van der Waals surface area (Å²) in [7, 11) is -1.67. The summed E-state index contributed by atoms with van der Waals surface area (Å²) >= 11 is 0. The summed E-state index contributed by atoms with van der Waals surface area (Å²) in [6, 6.07) is -0.0519. The molecule has 0 radical (unpaired) electrons. The van der Waals surface area contributed by atoms with Crippen molar-refractivity contribution >= 4 is 10.0 Å². The Morgan fingerprint density at radius 2 is 2.20 bits per heavy atom. The monoisotopic (exact) mass is 236 g/mol. The Kier molecular flexibility index (Phi) is 4.11. The van der Waals surface area contributed by atoms with Crippen molar-refractivity contribution in [3.05, 3.63) is 0 Å². The Hall–Kier alpha value is -0.170. The maximum atomic E-state index is 12.0. The van der Waals surface area contributed by atoms with Crippen molar-refractivity contribution in [1.29, 1.82) is 0 Å². The molecule has 1 rings (SSSR count). The second-order valence-electron chi connectivity index (χ2n) is 4.04. The number of likely N-dealkylation sites (N-methyl/N-ethyl adjacent to an activating group) is 1. The van der Waals surface area contributed by atoms with E-state index in [-0.39, 0.29) is 18.7 Å². The predicted octanol–water partition coefficient (Wildman–Crippen LogP) is -0.227. The molecule has 0 spiro atoms. The quantitative estimate of drug-likeness (QED) is 0.732. The van der Waals surface area contributed by atoms with Gasteiger partial charge >= 0.3 is 0 Å². The van der Waals surface area contributed by atoms with Gasteiger partial charge in [-0.15, -0.1) is 0 Å². The maximum Gasteiger partial charge on any atom is 0.218 e. The van der Waals surface area contributed by atoms with E-state index in [1.807, 2.05) is 6.92 Å². The lowest BCUT2D eigenvalue weighted by molar-refractivity contribution is 0.102. The fourth-order valence-corrected chi connectivity index (χ4v) is 3.26. The third-order valence-electron chi connectivity index (χ3n) is 3.05. The van der Waals surface area contributed by atoms with Gasteiger partial charge in [0.05, 0.1) is 17.4 Å². The van der Waals surface area contributed by atoms with Crippen LogP contribution in [0.15, 0.2) is 0 Å². The predicted molar refractivity (Wildman–Crippen MR) is 59.0 cm³/mol. The van der Waals surface area contributed by atoms with Gasteiger partial charge in [0, 0.05) is 20.2 Å². The van der Waals surface area contributed by atoms with Gasteiger partial charge in [-0.05, 0) is 20.3 Å². The highest BCUT2D eigenvalue weighted by Crippen LogP contribution is 2.22. The highest BCUT2D eigenvalue weighted by atomic mass is 32.2. The van der Waals surface area contributed by atoms with Crippen molar-refractivity contribution < 1.29 is 13.2 Å². The van der Waals surface area contributed by atoms with Crippen LogP contribution < -0.4 is 5.73 Å². The Morgan fingerprint density at radius 3 is 2.60 bits per heavy atom. The molecular weight excluding hydrogens is 216 g/mol. The van der Waals surface area contributed by atoms with Crippen LogP contribution in [0.25, 0.3) is 0 Å². The van der Waals surface area contributed by atoms with Gasteiger partial charge in [0.1, 0.15) is 0 Å². The molecule has 15 heavy (non-hydrogen) atoms. The van der Waals surface area contributed by atoms with E-state index < -0.39 is 15.3 Å². The molecule has 0 aromatic rings. The zero-order chi connectivity index (χ0) is 11.6. The Labute approximate surface area is 91.6 Å². The molecule has 1 saturated heterocycles. The van der Waals surface area contributed by atoms with Crippen LogP contribution in [0, 0.1) is 0 Å². The summed E-state index contributed by atoms with van der Waals surface area (Å²) in [5.74, 6) is 0. The van der Waals surface area contributed by atoms with E-state index in [1.54, 1.807) is 14.0 Å². The molecule has 1 fully saturated rings. The third kappa shape index (κ3) is 2.50. The molecule has 90 valence electrons. The lowest BCUT2D eigenvalue weighted by atomic mass is 10.2. The lowest BCUT2D eigenvalue weighted by Gasteiger charge is -2.28. The molecule has 6 heteroatoms. The Balaban J connectivity index is 2.79. The molecule has 3 unspecified atom stereocenters. The molecule has 0 aliphatic carbocycles. The van der Waals surface area contributed by atoms with E-state index in [9.17, 15) is 8.42 Å². The second-order valence-corrected chi connectivity index (χ2v) is 6.45. The number of hydrogen-bond donors (Lipinski definition) is 1. The van der Waals surface area contributed by atoms with E-state index >= 15 is 0 Å². The van der Waals surface area contributed by atoms with Gasteiger partial charge in [-0.25, -0.2) is 8.42 Å². The summed E-state index contributed by atoms with van der Waals surface area (Å²) in [5.41, 5.74) is 5.39. The minimum atomic E-state index is -3.28. The van der Waals surface area contributed by atoms with Gasteiger partial charge in [0.15, 0.2) is 0 Å². The van der Waals surface area contributed by atoms with Gasteiger partial charge in [-0.1, -0.05) is 0 Å². The summed E-state index contributed by atoms with van der Waals surface area (Å²) in [6.07, 6.45) is 0.725. The lowest BCUT2D eigenvalue weighted by Crippen LogP contribution is -2.46. The fourth-order valence-electron chi connectivity index (χ4n) is 1.79. The number of ether oxygens (including phenoxy) is 1. The first kappa shape index (κ1) is 12.9. The van der Waals surface area contributed by atoms with Crippen LogP contribution in [0.2, 0.25) is 0 Å². The SMILES string of the molecule is CC1OCCC1N(C)S(=O)(=O)C(C)CN. The van der Waals surface area contributed by atoms with Crippen LogP contribution in [-0.4, -0.2) is 50.3 Å². The highest BCUT2D eigenvalue weighted by Gasteiger charge is 2.36. The van der Waals surface area contributed by atoms with Crippen LogP contribution in [-0.2, 0) is 14.8 Å². The van der Waals surface area contributed by atoms with Crippen molar-refractivity contribution in [3.63, 3.8) is 0 Å². The molecule has 1 aliphatic rings. The van der Waals surface area contributed by atoms with Crippen LogP contribution >= 0.6 is 0 Å². The van der Waals surface area contributed by atoms with E-state index in [0.717, 1.165) is 6.42 Å². The number of sulfonamides is 1. The average molecular weight is 236 g/mol. The summed E-state index contributed by atoms with van der Waals surface area (Å²) < 4.78 is 30.7. The molecule has 1 heterocycles. The van der Waals surface area contributed by atoms with Crippen LogP contribution in [0.1, 0.15) is 20.3 Å². The molecule has 3 atom stereocenters. The smallest absolute Gasteiger partial charge is 0.218 e. The van der Waals surface area contributed by atoms with Gasteiger partial charge in [-0.2, -0.15) is 4.31 Å². The first-order valence-electron chi connectivity index (χ1n) is 5.19. The van der Waals surface area contributed by atoms with Crippen molar-refractivity contribution in [3.8, 4) is 0 Å². The van der Waals surface area contributed by atoms with Crippen LogP contribution in [0.4, 0.5) is 0 Å². The normalized spacial score (nSPS) is 29.7. The molecule has 0 aromatic heterocycles. The summed E-state index contributed by atoms with van der Waals surface area (Å²) in [5, 5.41) is -0.532. The van der Waals surface area contributed by atoms with Gasteiger partial charge in [0.2, 0.25) is 10.0 Å². The average Bonchev–Trinajstić information content (AvgIpc) is 2.61. The zero-order valence-corrected chi connectivity index (χ0v) is 10.3. The van der Waals surface area contributed by atoms with E-state index in [4.69, 9.17) is 10.5 Å². The van der Waals surface area contributed by atoms with Gasteiger partial charge in [0.25, 0.3) is 0 Å². The maximum absolute atomic E-state index is 12.0. The molecule has 1 aliphatic heterocycles. The topological polar surface area (TPSA) is 72.6 Å². The fraction of sp³-hybridized carbons (Fsp3) is 1.00. The van der Waals surface area contributed by atoms with Gasteiger partial charge < -0.3 is 10.5 Å². The van der Waals surface area contributed by atoms with Crippen molar-refractivity contribution in [2.75, 3.05) is 20.2 Å². The Bertz CT molecular complexity index is 304. The number of nitrogens with two attached hydrogens (primary N) is 1. The first-order valence-corrected chi connectivity index (χ1v) is 6.70. The van der Waals surface area contributed by atoms with Crippen molar-refractivity contribution in [2.24, 2.45) is 5.73 Å². The number of nitrogens with zero attached hydrogens (tertiary/aromatic N) is 1. The number of hydrogen-bond acceptors (Lipinski definition) is 4. The zero-order valence-electron chi connectivity index (χ0n) is 9.51. The van der Waals surface area contributed by atoms with Gasteiger partial charge in [-0.3, -0.25) is 0 Å². The highest BCUT2D eigenvalue weighted by molar-refractivity contribution is 7.89. The van der Waals surface area contributed by atoms with Crippen LogP contribution in [0.3, 0.4) is 0 Å². The molecule has 0 aromatic carbocycles. The largest absolute Gasteiger partial charge is 0.377 e. The van der Waals surface area contributed by atoms with E-state index in [2.05, 4.69) is 0 Å². The van der Waals surface area contributed by atoms with Crippen molar-refractivity contribution in [2.45, 2.75) is 37.7 Å².